The molecule has 8 heteroatoms. The van der Waals surface area contributed by atoms with Gasteiger partial charge in [0.25, 0.3) is 0 Å². The monoisotopic (exact) mass is 346 g/mol. The first-order valence-corrected chi connectivity index (χ1v) is 8.21. The number of hydrogen-bond acceptors (Lipinski definition) is 5. The van der Waals surface area contributed by atoms with E-state index in [1.165, 1.54) is 0 Å². The van der Waals surface area contributed by atoms with Crippen LogP contribution in [0.3, 0.4) is 0 Å². The highest BCUT2D eigenvalue weighted by Gasteiger charge is 2.44. The minimum atomic E-state index is -0.890. The summed E-state index contributed by atoms with van der Waals surface area (Å²) in [4.78, 5) is 25.9. The van der Waals surface area contributed by atoms with Gasteiger partial charge in [-0.15, -0.1) is 35.5 Å². The highest BCUT2D eigenvalue weighted by molar-refractivity contribution is 8.00. The lowest BCUT2D eigenvalue weighted by Crippen LogP contribution is -2.66. The fraction of sp³-hybridized carbons (Fsp3) is 0.385. The molecule has 114 valence electrons. The van der Waals surface area contributed by atoms with Crippen molar-refractivity contribution in [2.24, 2.45) is 0 Å². The number of carbonyl (C=O) groups excluding carboxylic acids is 1. The number of fused-ring (bicyclic) bond motifs is 1. The van der Waals surface area contributed by atoms with Crippen molar-refractivity contribution in [3.63, 3.8) is 0 Å². The zero-order chi connectivity index (χ0) is 14.1. The highest BCUT2D eigenvalue weighted by Crippen LogP contribution is 2.36. The van der Waals surface area contributed by atoms with Crippen LogP contribution in [0.4, 0.5) is 0 Å². The van der Waals surface area contributed by atoms with Crippen LogP contribution in [-0.4, -0.2) is 45.6 Å². The molecule has 0 aromatic carbocycles. The van der Waals surface area contributed by atoms with E-state index in [-0.39, 0.29) is 29.7 Å². The number of hydrogen-bond donors (Lipinski definition) is 2. The SMILES string of the molecule is Cl.O=C(Cc1cccs1)NC1CN2C(C(=O)O)=CCSC12. The predicted molar refractivity (Wildman–Crippen MR) is 85.9 cm³/mol. The molecule has 1 aromatic heterocycles. The minimum Gasteiger partial charge on any atom is -0.477 e. The molecule has 1 aromatic rings. The third kappa shape index (κ3) is 3.36. The van der Waals surface area contributed by atoms with Crippen LogP contribution in [0.5, 0.6) is 0 Å². The van der Waals surface area contributed by atoms with Crippen LogP contribution in [0.2, 0.25) is 0 Å². The topological polar surface area (TPSA) is 69.6 Å². The standard InChI is InChI=1S/C13H14N2O3S2.ClH/c16-11(6-8-2-1-4-19-8)14-9-7-15-10(13(17)18)3-5-20-12(9)15;/h1-4,9,12H,5-7H2,(H,14,16)(H,17,18);1H. The number of thiophene rings is 1. The molecule has 0 radical (unpaired) electrons. The molecule has 2 aliphatic rings. The summed E-state index contributed by atoms with van der Waals surface area (Å²) >= 11 is 3.23. The predicted octanol–water partition coefficient (Wildman–Crippen LogP) is 1.55. The quantitative estimate of drug-likeness (QED) is 0.865. The van der Waals surface area contributed by atoms with Gasteiger partial charge in [-0.2, -0.15) is 0 Å². The van der Waals surface area contributed by atoms with Crippen LogP contribution < -0.4 is 5.32 Å². The van der Waals surface area contributed by atoms with E-state index in [1.54, 1.807) is 29.2 Å². The molecule has 21 heavy (non-hydrogen) atoms. The van der Waals surface area contributed by atoms with Gasteiger partial charge in [0.15, 0.2) is 0 Å². The number of nitrogens with zero attached hydrogens (tertiary/aromatic N) is 1. The number of halogens is 1. The molecule has 1 fully saturated rings. The van der Waals surface area contributed by atoms with Gasteiger partial charge in [-0.25, -0.2) is 4.79 Å². The molecule has 0 aliphatic carbocycles. The highest BCUT2D eigenvalue weighted by atomic mass is 35.5. The fourth-order valence-corrected chi connectivity index (χ4v) is 4.35. The molecule has 2 atom stereocenters. The molecule has 2 unspecified atom stereocenters. The normalized spacial score (nSPS) is 23.2. The first kappa shape index (κ1) is 16.2. The third-order valence-electron chi connectivity index (χ3n) is 3.38. The van der Waals surface area contributed by atoms with Crippen molar-refractivity contribution >= 4 is 47.4 Å². The second-order valence-corrected chi connectivity index (χ2v) is 6.88. The molecule has 3 heterocycles. The number of nitrogens with one attached hydrogen (secondary N) is 1. The van der Waals surface area contributed by atoms with Crippen LogP contribution in [0.1, 0.15) is 4.88 Å². The number of thioether (sulfide) groups is 1. The van der Waals surface area contributed by atoms with E-state index in [0.717, 1.165) is 4.88 Å². The summed E-state index contributed by atoms with van der Waals surface area (Å²) in [6.07, 6.45) is 2.13. The summed E-state index contributed by atoms with van der Waals surface area (Å²) < 4.78 is 0. The van der Waals surface area contributed by atoms with E-state index in [0.29, 0.717) is 24.4 Å². The average Bonchev–Trinajstić information content (AvgIpc) is 2.88. The van der Waals surface area contributed by atoms with E-state index in [1.807, 2.05) is 22.4 Å². The smallest absolute Gasteiger partial charge is 0.351 e. The molecule has 2 N–H and O–H groups in total. The number of carboxylic acids is 1. The van der Waals surface area contributed by atoms with Crippen molar-refractivity contribution < 1.29 is 14.7 Å². The largest absolute Gasteiger partial charge is 0.477 e. The van der Waals surface area contributed by atoms with E-state index >= 15 is 0 Å². The van der Waals surface area contributed by atoms with Crippen molar-refractivity contribution in [2.75, 3.05) is 12.3 Å². The van der Waals surface area contributed by atoms with Crippen LogP contribution in [0.15, 0.2) is 29.3 Å². The van der Waals surface area contributed by atoms with E-state index in [2.05, 4.69) is 5.32 Å². The third-order valence-corrected chi connectivity index (χ3v) is 5.54. The van der Waals surface area contributed by atoms with Gasteiger partial charge in [0.1, 0.15) is 5.70 Å². The average molecular weight is 347 g/mol. The summed E-state index contributed by atoms with van der Waals surface area (Å²) in [6, 6.07) is 3.91. The van der Waals surface area contributed by atoms with Crippen LogP contribution in [-0.2, 0) is 16.0 Å². The lowest BCUT2D eigenvalue weighted by Gasteiger charge is -2.50. The van der Waals surface area contributed by atoms with Gasteiger partial charge in [0, 0.05) is 17.2 Å². The summed E-state index contributed by atoms with van der Waals surface area (Å²) in [6.45, 7) is 0.575. The lowest BCUT2D eigenvalue weighted by atomic mass is 10.1. The van der Waals surface area contributed by atoms with E-state index < -0.39 is 5.97 Å². The Morgan fingerprint density at radius 1 is 1.48 bits per heavy atom. The number of carbonyl (C=O) groups is 2. The van der Waals surface area contributed by atoms with Crippen molar-refractivity contribution in [2.45, 2.75) is 17.8 Å². The van der Waals surface area contributed by atoms with E-state index in [4.69, 9.17) is 5.11 Å². The second-order valence-electron chi connectivity index (χ2n) is 4.70. The first-order chi connectivity index (χ1) is 9.65. The van der Waals surface area contributed by atoms with Gasteiger partial charge in [-0.05, 0) is 17.5 Å². The Kier molecular flexibility index (Phi) is 5.18. The Morgan fingerprint density at radius 3 is 2.95 bits per heavy atom. The summed E-state index contributed by atoms with van der Waals surface area (Å²) in [5.74, 6) is -0.206. The lowest BCUT2D eigenvalue weighted by molar-refractivity contribution is -0.135. The molecular formula is C13H15ClN2O3S2. The van der Waals surface area contributed by atoms with Gasteiger partial charge >= 0.3 is 5.97 Å². The Balaban J connectivity index is 0.00000161. The molecular weight excluding hydrogens is 332 g/mol. The molecule has 0 bridgehead atoms. The van der Waals surface area contributed by atoms with Gasteiger partial charge in [0.2, 0.25) is 5.91 Å². The molecule has 1 saturated heterocycles. The molecule has 3 rings (SSSR count). The van der Waals surface area contributed by atoms with Gasteiger partial charge in [-0.3, -0.25) is 4.79 Å². The molecule has 0 spiro atoms. The molecule has 5 nitrogen and oxygen atoms in total. The number of amides is 1. The maximum absolute atomic E-state index is 11.9. The van der Waals surface area contributed by atoms with Crippen LogP contribution in [0, 0.1) is 0 Å². The number of rotatable bonds is 4. The summed E-state index contributed by atoms with van der Waals surface area (Å²) in [7, 11) is 0. The molecule has 0 saturated carbocycles. The Labute approximate surface area is 136 Å². The summed E-state index contributed by atoms with van der Waals surface area (Å²) in [5, 5.41) is 14.1. The van der Waals surface area contributed by atoms with Gasteiger partial charge in [0.05, 0.1) is 17.8 Å². The first-order valence-electron chi connectivity index (χ1n) is 6.28. The van der Waals surface area contributed by atoms with Crippen LogP contribution in [0.25, 0.3) is 0 Å². The zero-order valence-corrected chi connectivity index (χ0v) is 13.5. The minimum absolute atomic E-state index is 0. The fourth-order valence-electron chi connectivity index (χ4n) is 2.43. The summed E-state index contributed by atoms with van der Waals surface area (Å²) in [5.41, 5.74) is 0.359. The van der Waals surface area contributed by atoms with E-state index in [9.17, 15) is 9.59 Å². The zero-order valence-electron chi connectivity index (χ0n) is 11.0. The van der Waals surface area contributed by atoms with Crippen molar-refractivity contribution in [3.05, 3.63) is 34.2 Å². The Morgan fingerprint density at radius 2 is 2.29 bits per heavy atom. The second kappa shape index (κ2) is 6.72. The maximum atomic E-state index is 11.9. The number of carboxylic acid groups (broad SMARTS) is 1. The number of aliphatic carboxylic acids is 1. The Hall–Kier alpha value is -1.18. The van der Waals surface area contributed by atoms with Crippen molar-refractivity contribution in [1.82, 2.24) is 10.2 Å². The van der Waals surface area contributed by atoms with Gasteiger partial charge < -0.3 is 15.3 Å². The molecule has 1 amide bonds. The van der Waals surface area contributed by atoms with Crippen LogP contribution >= 0.6 is 35.5 Å². The maximum Gasteiger partial charge on any atom is 0.351 e. The Bertz CT molecular complexity index is 562. The van der Waals surface area contributed by atoms with Crippen molar-refractivity contribution in [3.8, 4) is 0 Å². The van der Waals surface area contributed by atoms with Gasteiger partial charge in [-0.1, -0.05) is 6.07 Å². The molecule has 2 aliphatic heterocycles. The van der Waals surface area contributed by atoms with Crippen molar-refractivity contribution in [1.29, 1.82) is 0 Å².